The Balaban J connectivity index is 1.54. The summed E-state index contributed by atoms with van der Waals surface area (Å²) in [6.45, 7) is 2.31. The van der Waals surface area contributed by atoms with E-state index in [0.29, 0.717) is 6.42 Å². The standard InChI is InChI=1S/C24H25N3O2S/c1-17(23-9-6-14-30-23)25-16-24(28)27-22(19-10-12-20(29-2)13-11-19)15-21(26-27)18-7-4-3-5-8-18/h3-14,17,22,25H,15-16H2,1-2H3/t17-,22-/m0/s1. The zero-order valence-electron chi connectivity index (χ0n) is 17.1. The number of amides is 1. The van der Waals surface area contributed by atoms with Crippen molar-refractivity contribution >= 4 is 23.0 Å². The molecule has 6 heteroatoms. The second-order valence-electron chi connectivity index (χ2n) is 7.26. The number of thiophene rings is 1. The van der Waals surface area contributed by atoms with Gasteiger partial charge in [0.1, 0.15) is 5.75 Å². The van der Waals surface area contributed by atoms with Gasteiger partial charge in [-0.3, -0.25) is 4.79 Å². The minimum Gasteiger partial charge on any atom is -0.497 e. The molecule has 1 aliphatic rings. The third-order valence-corrected chi connectivity index (χ3v) is 6.36. The normalized spacial score (nSPS) is 16.9. The van der Waals surface area contributed by atoms with Gasteiger partial charge in [-0.15, -0.1) is 11.3 Å². The van der Waals surface area contributed by atoms with E-state index in [4.69, 9.17) is 9.84 Å². The van der Waals surface area contributed by atoms with Gasteiger partial charge < -0.3 is 10.1 Å². The van der Waals surface area contributed by atoms with Crippen molar-refractivity contribution in [2.45, 2.75) is 25.4 Å². The number of nitrogens with one attached hydrogen (secondary N) is 1. The van der Waals surface area contributed by atoms with Gasteiger partial charge in [-0.25, -0.2) is 5.01 Å². The van der Waals surface area contributed by atoms with E-state index in [9.17, 15) is 4.79 Å². The molecule has 2 heterocycles. The second-order valence-corrected chi connectivity index (χ2v) is 8.24. The highest BCUT2D eigenvalue weighted by molar-refractivity contribution is 7.10. The summed E-state index contributed by atoms with van der Waals surface area (Å²) >= 11 is 1.69. The highest BCUT2D eigenvalue weighted by Gasteiger charge is 2.33. The summed E-state index contributed by atoms with van der Waals surface area (Å²) in [6.07, 6.45) is 0.683. The predicted octanol–water partition coefficient (Wildman–Crippen LogP) is 4.79. The molecule has 2 atom stereocenters. The first kappa shape index (κ1) is 20.3. The van der Waals surface area contributed by atoms with Crippen molar-refractivity contribution in [1.29, 1.82) is 0 Å². The van der Waals surface area contributed by atoms with Crippen molar-refractivity contribution in [2.24, 2.45) is 5.10 Å². The molecule has 0 aliphatic carbocycles. The number of ether oxygens (including phenoxy) is 1. The van der Waals surface area contributed by atoms with Crippen molar-refractivity contribution < 1.29 is 9.53 Å². The van der Waals surface area contributed by atoms with Gasteiger partial charge >= 0.3 is 0 Å². The van der Waals surface area contributed by atoms with Gasteiger partial charge in [-0.1, -0.05) is 48.5 Å². The van der Waals surface area contributed by atoms with Gasteiger partial charge in [0.05, 0.1) is 25.4 Å². The van der Waals surface area contributed by atoms with Crippen LogP contribution in [0.2, 0.25) is 0 Å². The first-order valence-corrected chi connectivity index (χ1v) is 10.9. The molecule has 0 bridgehead atoms. The fourth-order valence-corrected chi connectivity index (χ4v) is 4.35. The number of hydrazone groups is 1. The first-order valence-electron chi connectivity index (χ1n) is 10.0. The minimum absolute atomic E-state index is 0.0369. The minimum atomic E-state index is -0.127. The fourth-order valence-electron chi connectivity index (χ4n) is 3.59. The van der Waals surface area contributed by atoms with Crippen LogP contribution in [0.4, 0.5) is 0 Å². The van der Waals surface area contributed by atoms with E-state index in [2.05, 4.69) is 18.3 Å². The van der Waals surface area contributed by atoms with Crippen LogP contribution in [0.3, 0.4) is 0 Å². The van der Waals surface area contributed by atoms with E-state index >= 15 is 0 Å². The Kier molecular flexibility index (Phi) is 6.26. The second kappa shape index (κ2) is 9.24. The van der Waals surface area contributed by atoms with Gasteiger partial charge in [-0.2, -0.15) is 5.10 Å². The zero-order valence-corrected chi connectivity index (χ0v) is 17.9. The molecule has 5 nitrogen and oxygen atoms in total. The van der Waals surface area contributed by atoms with E-state index < -0.39 is 0 Å². The number of hydrogen-bond donors (Lipinski definition) is 1. The Bertz CT molecular complexity index is 1000. The first-order chi connectivity index (χ1) is 14.7. The number of nitrogens with zero attached hydrogens (tertiary/aromatic N) is 2. The molecular formula is C24H25N3O2S. The van der Waals surface area contributed by atoms with Crippen molar-refractivity contribution in [3.8, 4) is 5.75 Å². The molecule has 3 aromatic rings. The molecule has 0 unspecified atom stereocenters. The van der Waals surface area contributed by atoms with Crippen LogP contribution < -0.4 is 10.1 Å². The summed E-state index contributed by atoms with van der Waals surface area (Å²) in [5.41, 5.74) is 3.02. The average molecular weight is 420 g/mol. The molecule has 30 heavy (non-hydrogen) atoms. The zero-order chi connectivity index (χ0) is 20.9. The molecule has 4 rings (SSSR count). The van der Waals surface area contributed by atoms with Crippen LogP contribution in [0.1, 0.15) is 41.4 Å². The molecule has 1 aromatic heterocycles. The number of hydrogen-bond acceptors (Lipinski definition) is 5. The van der Waals surface area contributed by atoms with Gasteiger partial charge in [0.2, 0.25) is 0 Å². The molecular weight excluding hydrogens is 394 g/mol. The number of carbonyl (C=O) groups is 1. The maximum absolute atomic E-state index is 13.1. The Hall–Kier alpha value is -2.96. The van der Waals surface area contributed by atoms with E-state index in [-0.39, 0.29) is 24.5 Å². The lowest BCUT2D eigenvalue weighted by atomic mass is 9.98. The number of carbonyl (C=O) groups excluding carboxylic acids is 1. The summed E-state index contributed by atoms with van der Waals surface area (Å²) in [7, 11) is 1.65. The molecule has 1 aliphatic heterocycles. The van der Waals surface area contributed by atoms with Crippen LogP contribution in [0, 0.1) is 0 Å². The highest BCUT2D eigenvalue weighted by atomic mass is 32.1. The van der Waals surface area contributed by atoms with Crippen molar-refractivity contribution in [1.82, 2.24) is 10.3 Å². The smallest absolute Gasteiger partial charge is 0.257 e. The van der Waals surface area contributed by atoms with Crippen molar-refractivity contribution in [3.63, 3.8) is 0 Å². The number of methoxy groups -OCH3 is 1. The van der Waals surface area contributed by atoms with Crippen LogP contribution in [0.15, 0.2) is 77.2 Å². The van der Waals surface area contributed by atoms with Crippen LogP contribution in [-0.4, -0.2) is 30.3 Å². The largest absolute Gasteiger partial charge is 0.497 e. The Morgan fingerprint density at radius 2 is 1.93 bits per heavy atom. The van der Waals surface area contributed by atoms with Gasteiger partial charge in [0, 0.05) is 17.3 Å². The maximum atomic E-state index is 13.1. The molecule has 0 fully saturated rings. The molecule has 0 spiro atoms. The van der Waals surface area contributed by atoms with E-state index in [1.807, 2.05) is 66.0 Å². The lowest BCUT2D eigenvalue weighted by Crippen LogP contribution is -2.36. The Morgan fingerprint density at radius 1 is 1.17 bits per heavy atom. The van der Waals surface area contributed by atoms with E-state index in [1.165, 1.54) is 4.88 Å². The summed E-state index contributed by atoms with van der Waals surface area (Å²) in [5, 5.41) is 11.8. The quantitative estimate of drug-likeness (QED) is 0.599. The summed E-state index contributed by atoms with van der Waals surface area (Å²) in [6, 6.07) is 22.0. The lowest BCUT2D eigenvalue weighted by molar-refractivity contribution is -0.132. The maximum Gasteiger partial charge on any atom is 0.257 e. The molecule has 0 radical (unpaired) electrons. The number of benzene rings is 2. The van der Waals surface area contributed by atoms with E-state index in [1.54, 1.807) is 23.5 Å². The third kappa shape index (κ3) is 4.45. The molecule has 0 saturated carbocycles. The fraction of sp³-hybridized carbons (Fsp3) is 0.250. The monoisotopic (exact) mass is 419 g/mol. The van der Waals surface area contributed by atoms with Crippen molar-refractivity contribution in [3.05, 3.63) is 88.1 Å². The van der Waals surface area contributed by atoms with Gasteiger partial charge in [0.25, 0.3) is 5.91 Å². The highest BCUT2D eigenvalue weighted by Crippen LogP contribution is 2.33. The Morgan fingerprint density at radius 3 is 2.60 bits per heavy atom. The molecule has 1 amide bonds. The van der Waals surface area contributed by atoms with E-state index in [0.717, 1.165) is 22.6 Å². The Labute approximate surface area is 181 Å². The third-order valence-electron chi connectivity index (χ3n) is 5.30. The lowest BCUT2D eigenvalue weighted by Gasteiger charge is -2.23. The SMILES string of the molecule is COc1ccc([C@@H]2CC(c3ccccc3)=NN2C(=O)CN[C@@H](C)c2cccs2)cc1. The topological polar surface area (TPSA) is 53.9 Å². The van der Waals surface area contributed by atoms with Gasteiger partial charge in [-0.05, 0) is 41.6 Å². The summed E-state index contributed by atoms with van der Waals surface area (Å²) in [5.74, 6) is 0.760. The van der Waals surface area contributed by atoms with Crippen LogP contribution in [0.5, 0.6) is 5.75 Å². The van der Waals surface area contributed by atoms with Crippen LogP contribution in [-0.2, 0) is 4.79 Å². The molecule has 1 N–H and O–H groups in total. The molecule has 0 saturated heterocycles. The van der Waals surface area contributed by atoms with Gasteiger partial charge in [0.15, 0.2) is 0 Å². The van der Waals surface area contributed by atoms with Crippen LogP contribution >= 0.6 is 11.3 Å². The predicted molar refractivity (Wildman–Crippen MR) is 121 cm³/mol. The molecule has 2 aromatic carbocycles. The van der Waals surface area contributed by atoms with Crippen LogP contribution in [0.25, 0.3) is 0 Å². The molecule has 154 valence electrons. The average Bonchev–Trinajstić information content (AvgIpc) is 3.48. The summed E-state index contributed by atoms with van der Waals surface area (Å²) in [4.78, 5) is 14.4. The summed E-state index contributed by atoms with van der Waals surface area (Å²) < 4.78 is 5.28. The van der Waals surface area contributed by atoms with Crippen molar-refractivity contribution in [2.75, 3.05) is 13.7 Å². The number of rotatable bonds is 7.